The summed E-state index contributed by atoms with van der Waals surface area (Å²) in [6.45, 7) is 5.44. The summed E-state index contributed by atoms with van der Waals surface area (Å²) >= 11 is 0. The third-order valence-corrected chi connectivity index (χ3v) is 3.52. The van der Waals surface area contributed by atoms with E-state index in [1.807, 2.05) is 6.07 Å². The lowest BCUT2D eigenvalue weighted by Gasteiger charge is -2.15. The van der Waals surface area contributed by atoms with E-state index in [4.69, 9.17) is 5.11 Å². The zero-order chi connectivity index (χ0) is 12.3. The van der Waals surface area contributed by atoms with E-state index in [2.05, 4.69) is 29.1 Å². The molecule has 0 aliphatic heterocycles. The van der Waals surface area contributed by atoms with Crippen LogP contribution in [0.5, 0.6) is 0 Å². The lowest BCUT2D eigenvalue weighted by Crippen LogP contribution is -2.17. The summed E-state index contributed by atoms with van der Waals surface area (Å²) in [5.41, 5.74) is 1.38. The molecule has 1 aliphatic carbocycles. The van der Waals surface area contributed by atoms with Crippen LogP contribution in [-0.4, -0.2) is 28.2 Å². The molecule has 0 saturated heterocycles. The van der Waals surface area contributed by atoms with Gasteiger partial charge in [-0.05, 0) is 30.6 Å². The highest BCUT2D eigenvalue weighted by Gasteiger charge is 2.41. The standard InChI is InChI=1S/C13H21N3O/c1-10(2)11-7-12(16-9-15-11)14-8-13(3-4-13)5-6-17/h7,9-10,17H,3-6,8H2,1-2H3,(H,14,15,16). The first-order chi connectivity index (χ1) is 8.15. The average molecular weight is 235 g/mol. The Labute approximate surface area is 102 Å². The van der Waals surface area contributed by atoms with Crippen LogP contribution in [0.4, 0.5) is 5.82 Å². The maximum Gasteiger partial charge on any atom is 0.129 e. The van der Waals surface area contributed by atoms with Crippen molar-refractivity contribution in [1.82, 2.24) is 9.97 Å². The molecule has 1 aromatic heterocycles. The predicted molar refractivity (Wildman–Crippen MR) is 68.0 cm³/mol. The summed E-state index contributed by atoms with van der Waals surface area (Å²) in [6.07, 6.45) is 4.93. The fourth-order valence-electron chi connectivity index (χ4n) is 1.99. The Morgan fingerprint density at radius 3 is 2.76 bits per heavy atom. The van der Waals surface area contributed by atoms with E-state index >= 15 is 0 Å². The SMILES string of the molecule is CC(C)c1cc(NCC2(CCO)CC2)ncn1. The normalized spacial score (nSPS) is 17.2. The van der Waals surface area contributed by atoms with Crippen molar-refractivity contribution < 1.29 is 5.11 Å². The largest absolute Gasteiger partial charge is 0.396 e. The number of aliphatic hydroxyl groups is 1. The van der Waals surface area contributed by atoms with Gasteiger partial charge in [-0.2, -0.15) is 0 Å². The Bertz CT molecular complexity index is 375. The van der Waals surface area contributed by atoms with Crippen LogP contribution in [0.25, 0.3) is 0 Å². The maximum atomic E-state index is 9.00. The molecule has 0 unspecified atom stereocenters. The van der Waals surface area contributed by atoms with E-state index in [-0.39, 0.29) is 6.61 Å². The van der Waals surface area contributed by atoms with Gasteiger partial charge in [0, 0.05) is 24.9 Å². The number of aromatic nitrogens is 2. The Kier molecular flexibility index (Phi) is 3.62. The quantitative estimate of drug-likeness (QED) is 0.793. The van der Waals surface area contributed by atoms with E-state index < -0.39 is 0 Å². The Morgan fingerprint density at radius 2 is 2.18 bits per heavy atom. The summed E-state index contributed by atoms with van der Waals surface area (Å²) in [5.74, 6) is 1.32. The van der Waals surface area contributed by atoms with Crippen LogP contribution in [0.15, 0.2) is 12.4 Å². The van der Waals surface area contributed by atoms with E-state index in [1.54, 1.807) is 6.33 Å². The molecule has 1 fully saturated rings. The molecule has 4 nitrogen and oxygen atoms in total. The predicted octanol–water partition coefficient (Wildman–Crippen LogP) is 2.17. The Morgan fingerprint density at radius 1 is 1.41 bits per heavy atom. The smallest absolute Gasteiger partial charge is 0.129 e. The molecule has 0 aromatic carbocycles. The van der Waals surface area contributed by atoms with Gasteiger partial charge >= 0.3 is 0 Å². The van der Waals surface area contributed by atoms with Gasteiger partial charge in [0.25, 0.3) is 0 Å². The molecular formula is C13H21N3O. The van der Waals surface area contributed by atoms with Gasteiger partial charge in [0.15, 0.2) is 0 Å². The van der Waals surface area contributed by atoms with Gasteiger partial charge in [0.1, 0.15) is 12.1 Å². The average Bonchev–Trinajstić information content (AvgIpc) is 3.08. The van der Waals surface area contributed by atoms with Gasteiger partial charge in [-0.1, -0.05) is 13.8 Å². The van der Waals surface area contributed by atoms with Crippen molar-refractivity contribution in [3.63, 3.8) is 0 Å². The van der Waals surface area contributed by atoms with Gasteiger partial charge < -0.3 is 10.4 Å². The molecule has 4 heteroatoms. The first-order valence-corrected chi connectivity index (χ1v) is 6.32. The molecule has 0 atom stereocenters. The second kappa shape index (κ2) is 5.00. The molecule has 1 aromatic rings. The Hall–Kier alpha value is -1.16. The number of hydrogen-bond donors (Lipinski definition) is 2. The van der Waals surface area contributed by atoms with Crippen LogP contribution >= 0.6 is 0 Å². The maximum absolute atomic E-state index is 9.00. The molecule has 0 amide bonds. The van der Waals surface area contributed by atoms with Crippen molar-refractivity contribution in [2.45, 2.75) is 39.0 Å². The number of nitrogens with zero attached hydrogens (tertiary/aromatic N) is 2. The number of anilines is 1. The molecule has 2 rings (SSSR count). The fraction of sp³-hybridized carbons (Fsp3) is 0.692. The first-order valence-electron chi connectivity index (χ1n) is 6.32. The van der Waals surface area contributed by atoms with Crippen molar-refractivity contribution >= 4 is 5.82 Å². The molecule has 1 aliphatic rings. The third-order valence-electron chi connectivity index (χ3n) is 3.52. The molecule has 0 radical (unpaired) electrons. The van der Waals surface area contributed by atoms with Crippen molar-refractivity contribution in [1.29, 1.82) is 0 Å². The number of nitrogens with one attached hydrogen (secondary N) is 1. The molecule has 17 heavy (non-hydrogen) atoms. The highest BCUT2D eigenvalue weighted by molar-refractivity contribution is 5.36. The molecule has 0 spiro atoms. The lowest BCUT2D eigenvalue weighted by atomic mass is 10.0. The van der Waals surface area contributed by atoms with Crippen molar-refractivity contribution in [3.8, 4) is 0 Å². The molecule has 0 bridgehead atoms. The van der Waals surface area contributed by atoms with Crippen molar-refractivity contribution in [3.05, 3.63) is 18.1 Å². The fourth-order valence-corrected chi connectivity index (χ4v) is 1.99. The lowest BCUT2D eigenvalue weighted by molar-refractivity contribution is 0.253. The van der Waals surface area contributed by atoms with Crippen LogP contribution < -0.4 is 5.32 Å². The number of aliphatic hydroxyl groups excluding tert-OH is 1. The van der Waals surface area contributed by atoms with E-state index in [1.165, 1.54) is 12.8 Å². The van der Waals surface area contributed by atoms with Crippen LogP contribution in [0, 0.1) is 5.41 Å². The van der Waals surface area contributed by atoms with Gasteiger partial charge in [0.05, 0.1) is 0 Å². The first kappa shape index (κ1) is 12.3. The van der Waals surface area contributed by atoms with Crippen LogP contribution in [0.3, 0.4) is 0 Å². The van der Waals surface area contributed by atoms with Gasteiger partial charge in [-0.3, -0.25) is 0 Å². The zero-order valence-electron chi connectivity index (χ0n) is 10.6. The minimum absolute atomic E-state index is 0.280. The second-order valence-corrected chi connectivity index (χ2v) is 5.31. The van der Waals surface area contributed by atoms with Crippen molar-refractivity contribution in [2.24, 2.45) is 5.41 Å². The molecule has 94 valence electrons. The monoisotopic (exact) mass is 235 g/mol. The summed E-state index contributed by atoms with van der Waals surface area (Å²) in [6, 6.07) is 2.01. The molecule has 1 heterocycles. The second-order valence-electron chi connectivity index (χ2n) is 5.31. The van der Waals surface area contributed by atoms with Crippen LogP contribution in [0.1, 0.15) is 44.7 Å². The molecule has 2 N–H and O–H groups in total. The highest BCUT2D eigenvalue weighted by Crippen LogP contribution is 2.48. The summed E-state index contributed by atoms with van der Waals surface area (Å²) in [7, 11) is 0. The molecule has 1 saturated carbocycles. The minimum atomic E-state index is 0.280. The van der Waals surface area contributed by atoms with Crippen molar-refractivity contribution in [2.75, 3.05) is 18.5 Å². The summed E-state index contributed by atoms with van der Waals surface area (Å²) < 4.78 is 0. The molecular weight excluding hydrogens is 214 g/mol. The van der Waals surface area contributed by atoms with E-state index in [0.717, 1.165) is 24.5 Å². The highest BCUT2D eigenvalue weighted by atomic mass is 16.3. The third kappa shape index (κ3) is 3.16. The van der Waals surface area contributed by atoms with E-state index in [9.17, 15) is 0 Å². The Balaban J connectivity index is 1.93. The topological polar surface area (TPSA) is 58.0 Å². The number of rotatable bonds is 6. The van der Waals surface area contributed by atoms with Gasteiger partial charge in [-0.25, -0.2) is 9.97 Å². The van der Waals surface area contributed by atoms with Gasteiger partial charge in [-0.15, -0.1) is 0 Å². The van der Waals surface area contributed by atoms with E-state index in [0.29, 0.717) is 11.3 Å². The summed E-state index contributed by atoms with van der Waals surface area (Å²) in [5, 5.41) is 12.4. The number of hydrogen-bond acceptors (Lipinski definition) is 4. The summed E-state index contributed by atoms with van der Waals surface area (Å²) in [4.78, 5) is 8.47. The van der Waals surface area contributed by atoms with Crippen LogP contribution in [-0.2, 0) is 0 Å². The van der Waals surface area contributed by atoms with Gasteiger partial charge in [0.2, 0.25) is 0 Å². The zero-order valence-corrected chi connectivity index (χ0v) is 10.6. The minimum Gasteiger partial charge on any atom is -0.396 e. The van der Waals surface area contributed by atoms with Crippen LogP contribution in [0.2, 0.25) is 0 Å².